The second kappa shape index (κ2) is 7.75. The molecule has 0 bridgehead atoms. The molecule has 31 heavy (non-hydrogen) atoms. The smallest absolute Gasteiger partial charge is 0.279 e. The van der Waals surface area contributed by atoms with Crippen molar-refractivity contribution < 1.29 is 12.9 Å². The SMILES string of the molecule is Cn1nc(-c2nc(-c3ccccc3)no2)c2c1CCN(S(=O)(=O)Cc1ccccc1)C2. The molecule has 0 amide bonds. The Kier molecular flexibility index (Phi) is 4.91. The molecule has 1 aliphatic rings. The van der Waals surface area contributed by atoms with E-state index in [1.165, 1.54) is 4.31 Å². The highest BCUT2D eigenvalue weighted by Crippen LogP contribution is 2.31. The van der Waals surface area contributed by atoms with Crippen molar-refractivity contribution in [2.75, 3.05) is 6.54 Å². The molecular formula is C22H21N5O3S. The second-order valence-electron chi connectivity index (χ2n) is 7.51. The van der Waals surface area contributed by atoms with Gasteiger partial charge in [0.05, 0.1) is 5.75 Å². The molecule has 4 aromatic rings. The first-order valence-electron chi connectivity index (χ1n) is 9.97. The lowest BCUT2D eigenvalue weighted by Crippen LogP contribution is -2.37. The molecule has 3 heterocycles. The van der Waals surface area contributed by atoms with Crippen LogP contribution in [0.15, 0.2) is 65.2 Å². The Hall–Kier alpha value is -3.30. The van der Waals surface area contributed by atoms with Crippen LogP contribution in [0, 0.1) is 0 Å². The number of nitrogens with zero attached hydrogens (tertiary/aromatic N) is 5. The van der Waals surface area contributed by atoms with Gasteiger partial charge in [-0.3, -0.25) is 4.68 Å². The fourth-order valence-electron chi connectivity index (χ4n) is 3.88. The molecule has 8 nitrogen and oxygen atoms in total. The van der Waals surface area contributed by atoms with Gasteiger partial charge in [-0.1, -0.05) is 65.8 Å². The number of sulfonamides is 1. The van der Waals surface area contributed by atoms with E-state index in [1.807, 2.05) is 67.7 Å². The van der Waals surface area contributed by atoms with Crippen LogP contribution in [0.4, 0.5) is 0 Å². The minimum Gasteiger partial charge on any atom is -0.332 e. The molecule has 0 saturated heterocycles. The lowest BCUT2D eigenvalue weighted by atomic mass is 10.1. The monoisotopic (exact) mass is 435 g/mol. The third kappa shape index (κ3) is 3.77. The van der Waals surface area contributed by atoms with E-state index in [2.05, 4.69) is 15.2 Å². The van der Waals surface area contributed by atoms with Crippen molar-refractivity contribution in [1.82, 2.24) is 24.2 Å². The van der Waals surface area contributed by atoms with Crippen LogP contribution in [0.2, 0.25) is 0 Å². The topological polar surface area (TPSA) is 94.1 Å². The molecule has 158 valence electrons. The number of benzene rings is 2. The van der Waals surface area contributed by atoms with E-state index >= 15 is 0 Å². The zero-order valence-corrected chi connectivity index (χ0v) is 17.8. The molecule has 0 radical (unpaired) electrons. The lowest BCUT2D eigenvalue weighted by Gasteiger charge is -2.26. The molecular weight excluding hydrogens is 414 g/mol. The standard InChI is InChI=1S/C22H21N5O3S/c1-26-19-12-13-27(31(28,29)15-16-8-4-2-5-9-16)14-18(19)20(24-26)22-23-21(25-30-22)17-10-6-3-7-11-17/h2-11H,12-15H2,1H3. The summed E-state index contributed by atoms with van der Waals surface area (Å²) in [4.78, 5) is 4.51. The molecule has 5 rings (SSSR count). The Balaban J connectivity index is 1.45. The molecule has 0 unspecified atom stereocenters. The highest BCUT2D eigenvalue weighted by atomic mass is 32.2. The van der Waals surface area contributed by atoms with Crippen LogP contribution in [-0.4, -0.2) is 39.2 Å². The van der Waals surface area contributed by atoms with Crippen molar-refractivity contribution in [2.24, 2.45) is 7.05 Å². The molecule has 1 aliphatic heterocycles. The second-order valence-corrected chi connectivity index (χ2v) is 9.48. The summed E-state index contributed by atoms with van der Waals surface area (Å²) in [6, 6.07) is 18.8. The van der Waals surface area contributed by atoms with Gasteiger partial charge in [-0.25, -0.2) is 8.42 Å². The maximum Gasteiger partial charge on any atom is 0.279 e. The average molecular weight is 436 g/mol. The number of fused-ring (bicyclic) bond motifs is 1. The van der Waals surface area contributed by atoms with E-state index in [0.717, 1.165) is 22.4 Å². The molecule has 0 saturated carbocycles. The maximum atomic E-state index is 13.1. The zero-order valence-electron chi connectivity index (χ0n) is 17.0. The first-order chi connectivity index (χ1) is 15.0. The van der Waals surface area contributed by atoms with Crippen molar-refractivity contribution in [3.8, 4) is 23.0 Å². The van der Waals surface area contributed by atoms with Crippen molar-refractivity contribution in [3.63, 3.8) is 0 Å². The summed E-state index contributed by atoms with van der Waals surface area (Å²) in [7, 11) is -1.62. The minimum absolute atomic E-state index is 0.0303. The maximum absolute atomic E-state index is 13.1. The van der Waals surface area contributed by atoms with Crippen molar-refractivity contribution in [2.45, 2.75) is 18.7 Å². The lowest BCUT2D eigenvalue weighted by molar-refractivity contribution is 0.384. The number of hydrogen-bond donors (Lipinski definition) is 0. The van der Waals surface area contributed by atoms with Gasteiger partial charge in [-0.15, -0.1) is 0 Å². The van der Waals surface area contributed by atoms with Gasteiger partial charge in [-0.2, -0.15) is 14.4 Å². The van der Waals surface area contributed by atoms with E-state index in [0.29, 0.717) is 24.5 Å². The summed E-state index contributed by atoms with van der Waals surface area (Å²) < 4.78 is 34.9. The molecule has 0 aliphatic carbocycles. The third-order valence-electron chi connectivity index (χ3n) is 5.45. The van der Waals surface area contributed by atoms with Gasteiger partial charge in [0.1, 0.15) is 0 Å². The Bertz CT molecular complexity index is 1310. The fraction of sp³-hybridized carbons (Fsp3) is 0.227. The summed E-state index contributed by atoms with van der Waals surface area (Å²) in [5, 5.41) is 8.65. The van der Waals surface area contributed by atoms with Gasteiger partial charge in [0.25, 0.3) is 5.89 Å². The van der Waals surface area contributed by atoms with Gasteiger partial charge in [-0.05, 0) is 5.56 Å². The van der Waals surface area contributed by atoms with Crippen LogP contribution in [0.1, 0.15) is 16.8 Å². The predicted octanol–water partition coefficient (Wildman–Crippen LogP) is 3.03. The first-order valence-corrected chi connectivity index (χ1v) is 11.6. The summed E-state index contributed by atoms with van der Waals surface area (Å²) in [6.45, 7) is 0.650. The van der Waals surface area contributed by atoms with E-state index < -0.39 is 10.0 Å². The van der Waals surface area contributed by atoms with Crippen LogP contribution >= 0.6 is 0 Å². The van der Waals surface area contributed by atoms with E-state index in [1.54, 1.807) is 4.68 Å². The Labute approximate surface area is 180 Å². The van der Waals surface area contributed by atoms with Crippen LogP contribution in [0.3, 0.4) is 0 Å². The van der Waals surface area contributed by atoms with Crippen molar-refractivity contribution >= 4 is 10.0 Å². The summed E-state index contributed by atoms with van der Waals surface area (Å²) in [5.74, 6) is 0.731. The summed E-state index contributed by atoms with van der Waals surface area (Å²) >= 11 is 0. The van der Waals surface area contributed by atoms with E-state index in [-0.39, 0.29) is 18.2 Å². The van der Waals surface area contributed by atoms with Crippen LogP contribution in [-0.2, 0) is 35.8 Å². The predicted molar refractivity (Wildman–Crippen MR) is 115 cm³/mol. The van der Waals surface area contributed by atoms with Crippen molar-refractivity contribution in [1.29, 1.82) is 0 Å². The van der Waals surface area contributed by atoms with Gasteiger partial charge >= 0.3 is 0 Å². The third-order valence-corrected chi connectivity index (χ3v) is 7.25. The van der Waals surface area contributed by atoms with Gasteiger partial charge < -0.3 is 4.52 Å². The van der Waals surface area contributed by atoms with Gasteiger partial charge in [0.2, 0.25) is 15.8 Å². The zero-order chi connectivity index (χ0) is 21.4. The number of hydrogen-bond acceptors (Lipinski definition) is 6. The largest absolute Gasteiger partial charge is 0.332 e. The van der Waals surface area contributed by atoms with E-state index in [9.17, 15) is 8.42 Å². The Morgan fingerprint density at radius 2 is 1.74 bits per heavy atom. The first kappa shape index (κ1) is 19.7. The molecule has 9 heteroatoms. The fourth-order valence-corrected chi connectivity index (χ4v) is 5.37. The molecule has 0 spiro atoms. The number of aryl methyl sites for hydroxylation is 1. The Morgan fingerprint density at radius 3 is 2.48 bits per heavy atom. The molecule has 0 atom stereocenters. The highest BCUT2D eigenvalue weighted by molar-refractivity contribution is 7.88. The van der Waals surface area contributed by atoms with Gasteiger partial charge in [0.15, 0.2) is 5.69 Å². The number of rotatable bonds is 5. The quantitative estimate of drug-likeness (QED) is 0.478. The minimum atomic E-state index is -3.48. The van der Waals surface area contributed by atoms with Crippen molar-refractivity contribution in [3.05, 3.63) is 77.5 Å². The normalized spacial score (nSPS) is 14.5. The molecule has 0 N–H and O–H groups in total. The van der Waals surface area contributed by atoms with Crippen LogP contribution < -0.4 is 0 Å². The molecule has 0 fully saturated rings. The summed E-state index contributed by atoms with van der Waals surface area (Å²) in [5.41, 5.74) is 3.94. The van der Waals surface area contributed by atoms with E-state index in [4.69, 9.17) is 4.52 Å². The summed E-state index contributed by atoms with van der Waals surface area (Å²) in [6.07, 6.45) is 0.576. The molecule has 2 aromatic heterocycles. The van der Waals surface area contributed by atoms with Gasteiger partial charge in [0, 0.05) is 43.4 Å². The number of aromatic nitrogens is 4. The Morgan fingerprint density at radius 1 is 1.03 bits per heavy atom. The highest BCUT2D eigenvalue weighted by Gasteiger charge is 2.32. The average Bonchev–Trinajstić information content (AvgIpc) is 3.40. The molecule has 2 aromatic carbocycles. The van der Waals surface area contributed by atoms with Crippen LogP contribution in [0.25, 0.3) is 23.0 Å². The van der Waals surface area contributed by atoms with Crippen LogP contribution in [0.5, 0.6) is 0 Å².